The lowest BCUT2D eigenvalue weighted by Crippen LogP contribution is -2.29. The van der Waals surface area contributed by atoms with Crippen LogP contribution in [0.25, 0.3) is 0 Å². The monoisotopic (exact) mass is 772 g/mol. The zero-order chi connectivity index (χ0) is 39.4. The molecule has 0 aromatic heterocycles. The van der Waals surface area contributed by atoms with Crippen molar-refractivity contribution in [1.29, 1.82) is 0 Å². The van der Waals surface area contributed by atoms with Crippen molar-refractivity contribution >= 4 is 19.8 Å². The molecule has 0 bridgehead atoms. The first kappa shape index (κ1) is 50.9. The molecule has 12 heteroatoms. The minimum absolute atomic E-state index is 0.133. The molecule has 0 aromatic carbocycles. The van der Waals surface area contributed by atoms with E-state index in [0.29, 0.717) is 32.1 Å². The number of hydrogen-bond donors (Lipinski definition) is 4. The number of carbonyl (C=O) groups is 2. The van der Waals surface area contributed by atoms with Crippen molar-refractivity contribution in [1.82, 2.24) is 0 Å². The second-order valence-corrected chi connectivity index (χ2v) is 15.2. The molecule has 0 spiro atoms. The molecule has 0 aromatic rings. The first-order valence-electron chi connectivity index (χ1n) is 20.1. The Morgan fingerprint density at radius 1 is 0.717 bits per heavy atom. The third kappa shape index (κ3) is 35.4. The zero-order valence-electron chi connectivity index (χ0n) is 33.0. The van der Waals surface area contributed by atoms with Crippen LogP contribution in [0.2, 0.25) is 0 Å². The maximum Gasteiger partial charge on any atom is 0.472 e. The predicted molar refractivity (Wildman–Crippen MR) is 211 cm³/mol. The number of aliphatic hydroxyl groups excluding tert-OH is 3. The summed E-state index contributed by atoms with van der Waals surface area (Å²) in [5.74, 6) is -0.236. The summed E-state index contributed by atoms with van der Waals surface area (Å²) in [6.07, 6.45) is 31.2. The minimum atomic E-state index is -4.64. The third-order valence-corrected chi connectivity index (χ3v) is 9.56. The van der Waals surface area contributed by atoms with E-state index >= 15 is 0 Å². The van der Waals surface area contributed by atoms with Crippen LogP contribution in [0.1, 0.15) is 149 Å². The van der Waals surface area contributed by atoms with Crippen LogP contribution >= 0.6 is 7.82 Å². The van der Waals surface area contributed by atoms with Gasteiger partial charge in [-0.15, -0.1) is 0 Å². The van der Waals surface area contributed by atoms with Crippen molar-refractivity contribution in [3.8, 4) is 0 Å². The van der Waals surface area contributed by atoms with Gasteiger partial charge in [0.2, 0.25) is 0 Å². The summed E-state index contributed by atoms with van der Waals surface area (Å²) >= 11 is 0. The Hall–Kier alpha value is -2.11. The van der Waals surface area contributed by atoms with Crippen LogP contribution < -0.4 is 0 Å². The van der Waals surface area contributed by atoms with Gasteiger partial charge in [0.1, 0.15) is 12.7 Å². The second-order valence-electron chi connectivity index (χ2n) is 13.8. The first-order valence-corrected chi connectivity index (χ1v) is 21.6. The fraction of sp³-hybridized carbons (Fsp3) is 0.756. The molecule has 0 aliphatic heterocycles. The second kappa shape index (κ2) is 35.6. The van der Waals surface area contributed by atoms with Crippen LogP contribution in [0.4, 0.5) is 0 Å². The normalized spacial score (nSPS) is 15.7. The molecule has 308 valence electrons. The average Bonchev–Trinajstić information content (AvgIpc) is 3.14. The largest absolute Gasteiger partial charge is 0.472 e. The quantitative estimate of drug-likeness (QED) is 0.0158. The molecule has 0 amide bonds. The molecule has 5 atom stereocenters. The zero-order valence-corrected chi connectivity index (χ0v) is 33.9. The predicted octanol–water partition coefficient (Wildman–Crippen LogP) is 8.99. The van der Waals surface area contributed by atoms with Crippen molar-refractivity contribution in [2.45, 2.75) is 167 Å². The molecule has 0 aliphatic rings. The van der Waals surface area contributed by atoms with E-state index in [2.05, 4.69) is 31.4 Å². The molecule has 11 nitrogen and oxygen atoms in total. The van der Waals surface area contributed by atoms with E-state index in [9.17, 15) is 29.3 Å². The highest BCUT2D eigenvalue weighted by Crippen LogP contribution is 2.43. The summed E-state index contributed by atoms with van der Waals surface area (Å²) < 4.78 is 32.5. The number of hydrogen-bond acceptors (Lipinski definition) is 10. The fourth-order valence-electron chi connectivity index (χ4n) is 5.04. The molecule has 53 heavy (non-hydrogen) atoms. The van der Waals surface area contributed by atoms with Gasteiger partial charge in [0, 0.05) is 12.8 Å². The average molecular weight is 773 g/mol. The molecule has 0 heterocycles. The number of allylic oxidation sites excluding steroid dienone is 6. The Bertz CT molecular complexity index is 1060. The highest BCUT2D eigenvalue weighted by atomic mass is 31.2. The molecular formula is C41H73O11P. The maximum atomic E-state index is 12.6. The Labute approximate surface area is 320 Å². The molecular weight excluding hydrogens is 699 g/mol. The van der Waals surface area contributed by atoms with Crippen LogP contribution in [0.15, 0.2) is 48.6 Å². The lowest BCUT2D eigenvalue weighted by molar-refractivity contribution is -0.161. The molecule has 0 saturated heterocycles. The van der Waals surface area contributed by atoms with Crippen LogP contribution in [0.5, 0.6) is 0 Å². The van der Waals surface area contributed by atoms with Gasteiger partial charge in [0.05, 0.1) is 25.9 Å². The van der Waals surface area contributed by atoms with E-state index in [4.69, 9.17) is 19.1 Å². The van der Waals surface area contributed by atoms with E-state index in [1.807, 2.05) is 36.5 Å². The topological polar surface area (TPSA) is 169 Å². The SMILES string of the molecule is CCCCC/C=C\C[C@@H](O)/C=C/C=C\C/C=C\CCCC(=O)OC[C@H](COP(=O)(O)OC[C@@H](O)CO)OC(=O)CCCCCCCCCCC(C)CC. The van der Waals surface area contributed by atoms with Gasteiger partial charge in [-0.3, -0.25) is 18.6 Å². The molecule has 0 rings (SSSR count). The van der Waals surface area contributed by atoms with Gasteiger partial charge in [-0.2, -0.15) is 0 Å². The summed E-state index contributed by atoms with van der Waals surface area (Å²) in [7, 11) is -4.64. The van der Waals surface area contributed by atoms with Gasteiger partial charge in [-0.05, 0) is 50.9 Å². The van der Waals surface area contributed by atoms with Crippen LogP contribution in [-0.4, -0.2) is 76.9 Å². The number of carbonyl (C=O) groups excluding carboxylic acids is 2. The molecule has 4 N–H and O–H groups in total. The van der Waals surface area contributed by atoms with Crippen molar-refractivity contribution in [3.63, 3.8) is 0 Å². The maximum absolute atomic E-state index is 12.6. The van der Waals surface area contributed by atoms with Gasteiger partial charge < -0.3 is 29.7 Å². The summed E-state index contributed by atoms with van der Waals surface area (Å²) in [6.45, 7) is 4.48. The standard InChI is InChI=1S/C41H73O11P/c1-4-6-7-8-18-23-28-37(43)29-24-19-14-10-12-15-20-25-30-40(45)49-34-39(35-51-53(47,48)50-33-38(44)32-42)52-41(46)31-26-21-16-11-9-13-17-22-27-36(3)5-2/h12,14-15,18-19,23-24,29,36-39,42-44H,4-11,13,16-17,20-22,25-28,30-35H2,1-3H3,(H,47,48)/b15-12-,19-14-,23-18-,29-24+/t36?,37-,38+,39-/m1/s1. The van der Waals surface area contributed by atoms with E-state index in [0.717, 1.165) is 31.6 Å². The smallest absolute Gasteiger partial charge is 0.462 e. The number of phosphoric acid groups is 1. The fourth-order valence-corrected chi connectivity index (χ4v) is 5.83. The Balaban J connectivity index is 4.51. The van der Waals surface area contributed by atoms with Gasteiger partial charge in [0.15, 0.2) is 6.10 Å². The molecule has 2 unspecified atom stereocenters. The number of ether oxygens (including phenoxy) is 2. The Kier molecular flexibility index (Phi) is 34.2. The highest BCUT2D eigenvalue weighted by Gasteiger charge is 2.27. The van der Waals surface area contributed by atoms with Crippen molar-refractivity contribution in [3.05, 3.63) is 48.6 Å². The van der Waals surface area contributed by atoms with E-state index in [-0.39, 0.29) is 19.4 Å². The lowest BCUT2D eigenvalue weighted by Gasteiger charge is -2.20. The number of unbranched alkanes of at least 4 members (excludes halogenated alkanes) is 11. The van der Waals surface area contributed by atoms with Gasteiger partial charge in [-0.25, -0.2) is 4.57 Å². The summed E-state index contributed by atoms with van der Waals surface area (Å²) in [5.41, 5.74) is 0. The number of aliphatic hydroxyl groups is 3. The van der Waals surface area contributed by atoms with Crippen molar-refractivity contribution < 1.29 is 52.9 Å². The van der Waals surface area contributed by atoms with Gasteiger partial charge >= 0.3 is 19.8 Å². The lowest BCUT2D eigenvalue weighted by atomic mass is 9.99. The Morgan fingerprint density at radius 2 is 1.36 bits per heavy atom. The van der Waals surface area contributed by atoms with E-state index in [1.165, 1.54) is 57.8 Å². The summed E-state index contributed by atoms with van der Waals surface area (Å²) in [5, 5.41) is 28.3. The van der Waals surface area contributed by atoms with Crippen molar-refractivity contribution in [2.75, 3.05) is 26.4 Å². The van der Waals surface area contributed by atoms with Gasteiger partial charge in [-0.1, -0.05) is 140 Å². The van der Waals surface area contributed by atoms with E-state index in [1.54, 1.807) is 6.08 Å². The summed E-state index contributed by atoms with van der Waals surface area (Å²) in [6, 6.07) is 0. The molecule has 0 saturated carbocycles. The number of rotatable bonds is 36. The van der Waals surface area contributed by atoms with E-state index < -0.39 is 57.9 Å². The Morgan fingerprint density at radius 3 is 2.06 bits per heavy atom. The molecule has 0 aliphatic carbocycles. The number of esters is 2. The summed E-state index contributed by atoms with van der Waals surface area (Å²) in [4.78, 5) is 34.8. The van der Waals surface area contributed by atoms with Crippen molar-refractivity contribution in [2.24, 2.45) is 5.92 Å². The molecule has 0 radical (unpaired) electrons. The number of phosphoric ester groups is 1. The van der Waals surface area contributed by atoms with Crippen LogP contribution in [0, 0.1) is 5.92 Å². The van der Waals surface area contributed by atoms with Crippen LogP contribution in [0.3, 0.4) is 0 Å². The van der Waals surface area contributed by atoms with Gasteiger partial charge in [0.25, 0.3) is 0 Å². The third-order valence-electron chi connectivity index (χ3n) is 8.61. The highest BCUT2D eigenvalue weighted by molar-refractivity contribution is 7.47. The minimum Gasteiger partial charge on any atom is -0.462 e. The first-order chi connectivity index (χ1) is 25.5. The van der Waals surface area contributed by atoms with Crippen LogP contribution in [-0.2, 0) is 32.7 Å². The molecule has 0 fully saturated rings.